The third kappa shape index (κ3) is 1.54. The molecule has 3 nitrogen and oxygen atoms in total. The largest absolute Gasteiger partial charge is 0.393 e. The second-order valence-corrected chi connectivity index (χ2v) is 5.93. The van der Waals surface area contributed by atoms with Gasteiger partial charge in [-0.15, -0.1) is 11.3 Å². The summed E-state index contributed by atoms with van der Waals surface area (Å²) in [6, 6.07) is 0. The summed E-state index contributed by atoms with van der Waals surface area (Å²) < 4.78 is 1.02. The second-order valence-electron chi connectivity index (χ2n) is 3.52. The zero-order chi connectivity index (χ0) is 9.47. The van der Waals surface area contributed by atoms with Gasteiger partial charge in [-0.25, -0.2) is 4.98 Å². The number of halogens is 1. The van der Waals surface area contributed by atoms with Gasteiger partial charge in [-0.3, -0.25) is 0 Å². The number of hydrogen-bond donors (Lipinski definition) is 2. The molecular weight excluding hydrogens is 252 g/mol. The number of nitrogens with two attached hydrogens (primary N) is 1. The summed E-state index contributed by atoms with van der Waals surface area (Å²) in [6.07, 6.45) is 3.11. The highest BCUT2D eigenvalue weighted by molar-refractivity contribution is 9.11. The van der Waals surface area contributed by atoms with Gasteiger partial charge in [0.2, 0.25) is 0 Å². The highest BCUT2D eigenvalue weighted by atomic mass is 79.9. The van der Waals surface area contributed by atoms with E-state index < -0.39 is 0 Å². The summed E-state index contributed by atoms with van der Waals surface area (Å²) in [5, 5.41) is 10.3. The molecule has 1 fully saturated rings. The number of aromatic nitrogens is 1. The van der Waals surface area contributed by atoms with Crippen LogP contribution >= 0.6 is 27.3 Å². The molecule has 1 aliphatic carbocycles. The van der Waals surface area contributed by atoms with Gasteiger partial charge in [0.25, 0.3) is 0 Å². The molecule has 1 aromatic heterocycles. The summed E-state index contributed by atoms with van der Waals surface area (Å²) in [5.41, 5.74) is 5.67. The number of aliphatic hydroxyl groups excluding tert-OH is 1. The van der Waals surface area contributed by atoms with E-state index in [-0.39, 0.29) is 11.5 Å². The molecular formula is C8H11BrN2OS. The average Bonchev–Trinajstić information content (AvgIpc) is 2.46. The van der Waals surface area contributed by atoms with Gasteiger partial charge >= 0.3 is 0 Å². The first-order valence-corrected chi connectivity index (χ1v) is 5.77. The van der Waals surface area contributed by atoms with Crippen LogP contribution in [0.2, 0.25) is 0 Å². The van der Waals surface area contributed by atoms with E-state index in [1.165, 1.54) is 0 Å². The topological polar surface area (TPSA) is 59.1 Å². The lowest BCUT2D eigenvalue weighted by atomic mass is 9.67. The van der Waals surface area contributed by atoms with Crippen LogP contribution < -0.4 is 5.73 Å². The van der Waals surface area contributed by atoms with E-state index in [9.17, 15) is 5.11 Å². The molecule has 1 heterocycles. The van der Waals surface area contributed by atoms with Crippen LogP contribution in [0.1, 0.15) is 17.8 Å². The SMILES string of the molecule is NCC1(c2ncc(Br)s2)CC(O)C1. The maximum Gasteiger partial charge on any atom is 0.101 e. The fraction of sp³-hybridized carbons (Fsp3) is 0.625. The second kappa shape index (κ2) is 3.31. The maximum atomic E-state index is 9.29. The first-order valence-electron chi connectivity index (χ1n) is 4.16. The predicted octanol–water partition coefficient (Wildman–Crippen LogP) is 1.26. The summed E-state index contributed by atoms with van der Waals surface area (Å²) in [5.74, 6) is 0. The smallest absolute Gasteiger partial charge is 0.101 e. The van der Waals surface area contributed by atoms with Crippen molar-refractivity contribution in [3.8, 4) is 0 Å². The van der Waals surface area contributed by atoms with E-state index in [1.807, 2.05) is 0 Å². The Bertz CT molecular complexity index is 309. The van der Waals surface area contributed by atoms with Crippen LogP contribution in [0.15, 0.2) is 9.98 Å². The number of nitrogens with zero attached hydrogens (tertiary/aromatic N) is 1. The standard InChI is InChI=1S/C8H11BrN2OS/c9-6-3-11-7(13-6)8(4-10)1-5(12)2-8/h3,5,12H,1-2,4,10H2. The van der Waals surface area contributed by atoms with Crippen LogP contribution in [0.3, 0.4) is 0 Å². The highest BCUT2D eigenvalue weighted by Gasteiger charge is 2.45. The van der Waals surface area contributed by atoms with Crippen LogP contribution in [0.5, 0.6) is 0 Å². The van der Waals surface area contributed by atoms with Crippen LogP contribution in [0.25, 0.3) is 0 Å². The molecule has 0 saturated heterocycles. The van der Waals surface area contributed by atoms with E-state index in [0.29, 0.717) is 6.54 Å². The number of hydrogen-bond acceptors (Lipinski definition) is 4. The van der Waals surface area contributed by atoms with Crippen LogP contribution in [-0.4, -0.2) is 22.7 Å². The average molecular weight is 263 g/mol. The predicted molar refractivity (Wildman–Crippen MR) is 55.8 cm³/mol. The van der Waals surface area contributed by atoms with Crippen molar-refractivity contribution in [1.82, 2.24) is 4.98 Å². The Morgan fingerprint density at radius 1 is 1.77 bits per heavy atom. The number of rotatable bonds is 2. The molecule has 1 aromatic rings. The Balaban J connectivity index is 2.23. The van der Waals surface area contributed by atoms with Crippen molar-refractivity contribution in [3.05, 3.63) is 15.0 Å². The van der Waals surface area contributed by atoms with Crippen molar-refractivity contribution in [2.75, 3.05) is 6.54 Å². The zero-order valence-corrected chi connectivity index (χ0v) is 9.44. The third-order valence-electron chi connectivity index (χ3n) is 2.57. The van der Waals surface area contributed by atoms with Gasteiger partial charge in [-0.05, 0) is 28.8 Å². The monoisotopic (exact) mass is 262 g/mol. The molecule has 0 bridgehead atoms. The molecule has 0 unspecified atom stereocenters. The molecule has 0 atom stereocenters. The maximum absolute atomic E-state index is 9.29. The summed E-state index contributed by atoms with van der Waals surface area (Å²) in [7, 11) is 0. The first-order chi connectivity index (χ1) is 6.16. The van der Waals surface area contributed by atoms with E-state index in [2.05, 4.69) is 20.9 Å². The molecule has 72 valence electrons. The lowest BCUT2D eigenvalue weighted by Crippen LogP contribution is -2.49. The third-order valence-corrected chi connectivity index (χ3v) is 4.30. The van der Waals surface area contributed by atoms with Crippen molar-refractivity contribution >= 4 is 27.3 Å². The summed E-state index contributed by atoms with van der Waals surface area (Å²) in [4.78, 5) is 4.30. The van der Waals surface area contributed by atoms with E-state index >= 15 is 0 Å². The Kier molecular flexibility index (Phi) is 2.44. The minimum absolute atomic E-state index is 0.0455. The fourth-order valence-corrected chi connectivity index (χ4v) is 3.19. The molecule has 0 aliphatic heterocycles. The van der Waals surface area contributed by atoms with Gasteiger partial charge in [-0.2, -0.15) is 0 Å². The quantitative estimate of drug-likeness (QED) is 0.844. The molecule has 0 spiro atoms. The van der Waals surface area contributed by atoms with Crippen molar-refractivity contribution in [3.63, 3.8) is 0 Å². The van der Waals surface area contributed by atoms with E-state index in [1.54, 1.807) is 17.5 Å². The molecule has 5 heteroatoms. The number of aliphatic hydroxyl groups is 1. The Hall–Kier alpha value is 0.0300. The molecule has 0 aromatic carbocycles. The fourth-order valence-electron chi connectivity index (χ4n) is 1.77. The number of thiazole rings is 1. The molecule has 1 aliphatic rings. The Morgan fingerprint density at radius 2 is 2.46 bits per heavy atom. The van der Waals surface area contributed by atoms with Gasteiger partial charge in [0.15, 0.2) is 0 Å². The van der Waals surface area contributed by atoms with Gasteiger partial charge in [-0.1, -0.05) is 0 Å². The van der Waals surface area contributed by atoms with Gasteiger partial charge in [0, 0.05) is 12.0 Å². The zero-order valence-electron chi connectivity index (χ0n) is 7.03. The van der Waals surface area contributed by atoms with Gasteiger partial charge in [0.05, 0.1) is 16.1 Å². The van der Waals surface area contributed by atoms with Crippen LogP contribution in [0.4, 0.5) is 0 Å². The van der Waals surface area contributed by atoms with Crippen LogP contribution in [-0.2, 0) is 5.41 Å². The molecule has 1 saturated carbocycles. The first kappa shape index (κ1) is 9.58. The van der Waals surface area contributed by atoms with Crippen molar-refractivity contribution in [2.24, 2.45) is 5.73 Å². The van der Waals surface area contributed by atoms with Gasteiger partial charge < -0.3 is 10.8 Å². The minimum atomic E-state index is -0.189. The van der Waals surface area contributed by atoms with Crippen molar-refractivity contribution in [1.29, 1.82) is 0 Å². The molecule has 2 rings (SSSR count). The minimum Gasteiger partial charge on any atom is -0.393 e. The summed E-state index contributed by atoms with van der Waals surface area (Å²) in [6.45, 7) is 0.573. The van der Waals surface area contributed by atoms with Crippen molar-refractivity contribution in [2.45, 2.75) is 24.4 Å². The van der Waals surface area contributed by atoms with Crippen molar-refractivity contribution < 1.29 is 5.11 Å². The molecule has 0 amide bonds. The molecule has 13 heavy (non-hydrogen) atoms. The lowest BCUT2D eigenvalue weighted by Gasteiger charge is -2.43. The van der Waals surface area contributed by atoms with E-state index in [0.717, 1.165) is 21.6 Å². The Labute approximate surface area is 89.1 Å². The van der Waals surface area contributed by atoms with E-state index in [4.69, 9.17) is 5.73 Å². The highest BCUT2D eigenvalue weighted by Crippen LogP contribution is 2.45. The lowest BCUT2D eigenvalue weighted by molar-refractivity contribution is 0.0220. The van der Waals surface area contributed by atoms with Gasteiger partial charge in [0.1, 0.15) is 5.01 Å². The molecule has 3 N–H and O–H groups in total. The Morgan fingerprint density at radius 3 is 2.85 bits per heavy atom. The van der Waals surface area contributed by atoms with Crippen LogP contribution in [0, 0.1) is 0 Å². The molecule has 0 radical (unpaired) electrons. The normalized spacial score (nSPS) is 33.0. The summed E-state index contributed by atoms with van der Waals surface area (Å²) >= 11 is 4.99.